The van der Waals surface area contributed by atoms with Gasteiger partial charge in [-0.3, -0.25) is 4.79 Å². The Kier molecular flexibility index (Phi) is 5.81. The zero-order valence-electron chi connectivity index (χ0n) is 17.9. The number of hydrogen-bond acceptors (Lipinski definition) is 3. The third-order valence-electron chi connectivity index (χ3n) is 5.59. The fourth-order valence-corrected chi connectivity index (χ4v) is 3.94. The van der Waals surface area contributed by atoms with Gasteiger partial charge in [0.1, 0.15) is 12.4 Å². The molecular formula is C29H22N2O2. The fraction of sp³-hybridized carbons (Fsp3) is 0.0345. The number of rotatable bonds is 6. The van der Waals surface area contributed by atoms with Gasteiger partial charge in [-0.1, -0.05) is 91.0 Å². The monoisotopic (exact) mass is 430 g/mol. The summed E-state index contributed by atoms with van der Waals surface area (Å²) in [5.41, 5.74) is 5.13. The van der Waals surface area contributed by atoms with Crippen molar-refractivity contribution in [2.45, 2.75) is 6.61 Å². The second kappa shape index (κ2) is 9.37. The van der Waals surface area contributed by atoms with Crippen LogP contribution in [0.2, 0.25) is 0 Å². The maximum Gasteiger partial charge on any atom is 0.271 e. The van der Waals surface area contributed by atoms with E-state index < -0.39 is 0 Å². The molecule has 0 bridgehead atoms. The standard InChI is InChI=1S/C29H22N2O2/c32-29(27-17-8-13-22-10-2-5-16-26(22)27)31-30-19-23-11-3-6-18-28(23)33-20-24-14-7-12-21-9-1-4-15-25(21)24/h1-19H,20H2,(H,31,32)/b30-19+. The molecule has 1 amide bonds. The van der Waals surface area contributed by atoms with Crippen LogP contribution in [-0.2, 0) is 6.61 Å². The summed E-state index contributed by atoms with van der Waals surface area (Å²) in [4.78, 5) is 12.7. The normalized spacial score (nSPS) is 11.2. The summed E-state index contributed by atoms with van der Waals surface area (Å²) < 4.78 is 6.13. The largest absolute Gasteiger partial charge is 0.488 e. The lowest BCUT2D eigenvalue weighted by atomic mass is 10.0. The number of para-hydroxylation sites is 1. The zero-order chi connectivity index (χ0) is 22.5. The SMILES string of the molecule is O=C(N/N=C/c1ccccc1OCc1cccc2ccccc12)c1cccc2ccccc12. The maximum absolute atomic E-state index is 12.7. The van der Waals surface area contributed by atoms with Crippen molar-refractivity contribution in [3.05, 3.63) is 126 Å². The molecular weight excluding hydrogens is 408 g/mol. The van der Waals surface area contributed by atoms with E-state index in [1.54, 1.807) is 12.3 Å². The van der Waals surface area contributed by atoms with Gasteiger partial charge in [-0.25, -0.2) is 5.43 Å². The fourth-order valence-electron chi connectivity index (χ4n) is 3.94. The molecule has 0 saturated heterocycles. The Bertz CT molecular complexity index is 1460. The lowest BCUT2D eigenvalue weighted by molar-refractivity contribution is 0.0957. The maximum atomic E-state index is 12.7. The molecule has 0 aliphatic heterocycles. The van der Waals surface area contributed by atoms with Crippen molar-refractivity contribution in [3.63, 3.8) is 0 Å². The quantitative estimate of drug-likeness (QED) is 0.253. The van der Waals surface area contributed by atoms with Crippen LogP contribution in [0.5, 0.6) is 5.75 Å². The lowest BCUT2D eigenvalue weighted by Crippen LogP contribution is -2.18. The van der Waals surface area contributed by atoms with Crippen molar-refractivity contribution in [1.29, 1.82) is 0 Å². The highest BCUT2D eigenvalue weighted by Crippen LogP contribution is 2.22. The number of hydrogen-bond donors (Lipinski definition) is 1. The number of ether oxygens (including phenoxy) is 1. The van der Waals surface area contributed by atoms with Gasteiger partial charge in [0.25, 0.3) is 5.91 Å². The molecule has 160 valence electrons. The van der Waals surface area contributed by atoms with Gasteiger partial charge in [-0.05, 0) is 45.3 Å². The summed E-state index contributed by atoms with van der Waals surface area (Å²) in [5.74, 6) is 0.450. The van der Waals surface area contributed by atoms with Gasteiger partial charge in [0.05, 0.1) is 6.21 Å². The predicted molar refractivity (Wildman–Crippen MR) is 134 cm³/mol. The topological polar surface area (TPSA) is 50.7 Å². The zero-order valence-corrected chi connectivity index (χ0v) is 17.9. The van der Waals surface area contributed by atoms with E-state index in [0.717, 1.165) is 21.9 Å². The first-order chi connectivity index (χ1) is 16.3. The van der Waals surface area contributed by atoms with E-state index in [1.165, 1.54) is 10.8 Å². The molecule has 0 spiro atoms. The van der Waals surface area contributed by atoms with Crippen LogP contribution in [0.3, 0.4) is 0 Å². The molecule has 0 aromatic heterocycles. The minimum absolute atomic E-state index is 0.253. The predicted octanol–water partition coefficient (Wildman–Crippen LogP) is 6.34. The van der Waals surface area contributed by atoms with Gasteiger partial charge < -0.3 is 4.74 Å². The molecule has 0 heterocycles. The minimum Gasteiger partial charge on any atom is -0.488 e. The Morgan fingerprint density at radius 3 is 2.21 bits per heavy atom. The Hall–Kier alpha value is -4.44. The average Bonchev–Trinajstić information content (AvgIpc) is 2.87. The molecule has 0 saturated carbocycles. The molecule has 0 atom stereocenters. The van der Waals surface area contributed by atoms with Crippen molar-refractivity contribution in [1.82, 2.24) is 5.43 Å². The minimum atomic E-state index is -0.253. The first-order valence-corrected chi connectivity index (χ1v) is 10.8. The van der Waals surface area contributed by atoms with Crippen LogP contribution >= 0.6 is 0 Å². The van der Waals surface area contributed by atoms with E-state index in [1.807, 2.05) is 78.9 Å². The Morgan fingerprint density at radius 2 is 1.36 bits per heavy atom. The number of hydrazone groups is 1. The molecule has 33 heavy (non-hydrogen) atoms. The highest BCUT2D eigenvalue weighted by Gasteiger charge is 2.09. The number of nitrogens with one attached hydrogen (secondary N) is 1. The van der Waals surface area contributed by atoms with Crippen molar-refractivity contribution in [3.8, 4) is 5.75 Å². The second-order valence-corrected chi connectivity index (χ2v) is 7.69. The number of nitrogens with zero attached hydrogens (tertiary/aromatic N) is 1. The number of amides is 1. The highest BCUT2D eigenvalue weighted by atomic mass is 16.5. The lowest BCUT2D eigenvalue weighted by Gasteiger charge is -2.11. The summed E-state index contributed by atoms with van der Waals surface area (Å²) in [6.45, 7) is 0.439. The third kappa shape index (κ3) is 4.46. The molecule has 4 nitrogen and oxygen atoms in total. The van der Waals surface area contributed by atoms with E-state index in [-0.39, 0.29) is 5.91 Å². The van der Waals surface area contributed by atoms with Crippen LogP contribution in [0.4, 0.5) is 0 Å². The van der Waals surface area contributed by atoms with E-state index in [4.69, 9.17) is 4.74 Å². The second-order valence-electron chi connectivity index (χ2n) is 7.69. The van der Waals surface area contributed by atoms with Crippen molar-refractivity contribution in [2.24, 2.45) is 5.10 Å². The third-order valence-corrected chi connectivity index (χ3v) is 5.59. The molecule has 0 aliphatic rings. The number of carbonyl (C=O) groups excluding carboxylic acids is 1. The van der Waals surface area contributed by atoms with Crippen LogP contribution in [0, 0.1) is 0 Å². The molecule has 0 fully saturated rings. The van der Waals surface area contributed by atoms with Crippen LogP contribution in [-0.4, -0.2) is 12.1 Å². The van der Waals surface area contributed by atoms with Gasteiger partial charge >= 0.3 is 0 Å². The smallest absolute Gasteiger partial charge is 0.271 e. The van der Waals surface area contributed by atoms with Crippen LogP contribution < -0.4 is 10.2 Å². The summed E-state index contributed by atoms with van der Waals surface area (Å²) in [7, 11) is 0. The molecule has 5 aromatic rings. The first-order valence-electron chi connectivity index (χ1n) is 10.8. The van der Waals surface area contributed by atoms with E-state index >= 15 is 0 Å². The summed E-state index contributed by atoms with van der Waals surface area (Å²) in [6.07, 6.45) is 1.61. The molecule has 0 unspecified atom stereocenters. The van der Waals surface area contributed by atoms with Crippen molar-refractivity contribution in [2.75, 3.05) is 0 Å². The summed E-state index contributed by atoms with van der Waals surface area (Å²) >= 11 is 0. The Labute approximate surface area is 192 Å². The van der Waals surface area contributed by atoms with Gasteiger partial charge in [0.2, 0.25) is 0 Å². The number of fused-ring (bicyclic) bond motifs is 2. The molecule has 1 N–H and O–H groups in total. The van der Waals surface area contributed by atoms with Gasteiger partial charge in [-0.15, -0.1) is 0 Å². The molecule has 5 aromatic carbocycles. The first kappa shape index (κ1) is 20.5. The summed E-state index contributed by atoms with van der Waals surface area (Å²) in [5, 5.41) is 8.46. The van der Waals surface area contributed by atoms with Crippen LogP contribution in [0.1, 0.15) is 21.5 Å². The number of carbonyl (C=O) groups is 1. The Morgan fingerprint density at radius 1 is 0.727 bits per heavy atom. The summed E-state index contributed by atoms with van der Waals surface area (Å²) in [6, 6.07) is 35.6. The molecule has 5 rings (SSSR count). The van der Waals surface area contributed by atoms with E-state index in [2.05, 4.69) is 34.8 Å². The van der Waals surface area contributed by atoms with Crippen molar-refractivity contribution < 1.29 is 9.53 Å². The van der Waals surface area contributed by atoms with Crippen LogP contribution in [0.15, 0.2) is 114 Å². The average molecular weight is 431 g/mol. The van der Waals surface area contributed by atoms with E-state index in [0.29, 0.717) is 17.9 Å². The highest BCUT2D eigenvalue weighted by molar-refractivity contribution is 6.07. The van der Waals surface area contributed by atoms with Gasteiger partial charge in [0.15, 0.2) is 0 Å². The van der Waals surface area contributed by atoms with Gasteiger partial charge in [-0.2, -0.15) is 5.10 Å². The Balaban J connectivity index is 1.31. The number of benzene rings is 5. The molecule has 0 aliphatic carbocycles. The van der Waals surface area contributed by atoms with Crippen LogP contribution in [0.25, 0.3) is 21.5 Å². The molecule has 4 heteroatoms. The van der Waals surface area contributed by atoms with Gasteiger partial charge in [0, 0.05) is 11.1 Å². The molecule has 0 radical (unpaired) electrons. The van der Waals surface area contributed by atoms with E-state index in [9.17, 15) is 4.79 Å². The van der Waals surface area contributed by atoms with Crippen molar-refractivity contribution >= 4 is 33.7 Å².